The topological polar surface area (TPSA) is 15.5 Å². The Kier molecular flexibility index (Phi) is 67.3. The van der Waals surface area contributed by atoms with Crippen LogP contribution in [0.25, 0.3) is 22.3 Å². The zero-order valence-electron chi connectivity index (χ0n) is 48.6. The van der Waals surface area contributed by atoms with Gasteiger partial charge in [0.15, 0.2) is 49.6 Å². The molecule has 468 valence electrons. The molecule has 4 aromatic heterocycles. The number of aromatic nitrogens is 4. The summed E-state index contributed by atoms with van der Waals surface area (Å²) < 4.78 is 106. The third kappa shape index (κ3) is 55.3. The number of aryl methyl sites for hydroxylation is 4. The van der Waals surface area contributed by atoms with Crippen molar-refractivity contribution in [2.75, 3.05) is 0 Å². The maximum absolute atomic E-state index is 9.75. The van der Waals surface area contributed by atoms with Gasteiger partial charge in [0.05, 0.1) is 0 Å². The molecule has 0 aliphatic heterocycles. The van der Waals surface area contributed by atoms with Crippen LogP contribution in [0.1, 0.15) is 213 Å². The van der Waals surface area contributed by atoms with E-state index in [9.17, 15) is 43.2 Å². The predicted molar refractivity (Wildman–Crippen MR) is 296 cm³/mol. The van der Waals surface area contributed by atoms with Crippen LogP contribution < -0.4 is 81.2 Å². The zero-order chi connectivity index (χ0) is 54.8. The Morgan fingerprint density at radius 3 is 0.780 bits per heavy atom. The van der Waals surface area contributed by atoms with E-state index in [2.05, 4.69) is 130 Å². The van der Waals surface area contributed by atoms with Crippen molar-refractivity contribution in [3.8, 4) is 22.3 Å². The van der Waals surface area contributed by atoms with Gasteiger partial charge < -0.3 is 50.6 Å². The van der Waals surface area contributed by atoms with Gasteiger partial charge in [0.2, 0.25) is 0 Å². The van der Waals surface area contributed by atoms with Crippen molar-refractivity contribution in [1.29, 1.82) is 0 Å². The van der Waals surface area contributed by atoms with Crippen molar-refractivity contribution in [2.45, 2.75) is 226 Å². The molecule has 4 aromatic rings. The van der Waals surface area contributed by atoms with Crippen LogP contribution in [0.3, 0.4) is 0 Å². The minimum absolute atomic E-state index is 0. The molecule has 4 saturated carbocycles. The second kappa shape index (κ2) is 60.0. The normalized spacial score (nSPS) is 13.7. The van der Waals surface area contributed by atoms with Gasteiger partial charge >= 0.3 is 51.9 Å². The van der Waals surface area contributed by atoms with Crippen molar-refractivity contribution >= 4 is 22.3 Å². The molecule has 0 aromatic carbocycles. The van der Waals surface area contributed by atoms with Gasteiger partial charge in [0.25, 0.3) is 0 Å². The molecule has 4 aliphatic carbocycles. The molecule has 0 saturated heterocycles. The largest absolute Gasteiger partial charge is 1.00 e. The number of rotatable bonds is 20. The second-order valence-electron chi connectivity index (χ2n) is 20.8. The van der Waals surface area contributed by atoms with Crippen molar-refractivity contribution in [3.63, 3.8) is 0 Å². The Balaban J connectivity index is -0.000000239. The van der Waals surface area contributed by atoms with Gasteiger partial charge in [0, 0.05) is 95.5 Å². The van der Waals surface area contributed by atoms with Crippen LogP contribution in [0.5, 0.6) is 0 Å². The predicted octanol–water partition coefficient (Wildman–Crippen LogP) is 6.38. The average Bonchev–Trinajstić information content (AvgIpc) is 4.25. The maximum atomic E-state index is 9.75. The van der Waals surface area contributed by atoms with Gasteiger partial charge in [-0.05, 0) is 46.9 Å². The first-order chi connectivity index (χ1) is 36.1. The summed E-state index contributed by atoms with van der Waals surface area (Å²) in [5.74, 6) is 2.15. The summed E-state index contributed by atoms with van der Waals surface area (Å²) in [6, 6.07) is 17.6. The first-order valence-corrected chi connectivity index (χ1v) is 28.7. The van der Waals surface area contributed by atoms with Gasteiger partial charge in [-0.2, -0.15) is 0 Å². The smallest absolute Gasteiger partial charge is 1.00 e. The molecule has 4 aliphatic rings. The van der Waals surface area contributed by atoms with Crippen molar-refractivity contribution in [1.82, 2.24) is 0 Å². The van der Waals surface area contributed by atoms with E-state index in [-0.39, 0.29) is 105 Å². The van der Waals surface area contributed by atoms with Gasteiger partial charge in [-0.15, -0.1) is 0 Å². The van der Waals surface area contributed by atoms with Crippen LogP contribution in [0.15, 0.2) is 98.1 Å². The van der Waals surface area contributed by atoms with E-state index in [4.69, 9.17) is 0 Å². The summed E-state index contributed by atoms with van der Waals surface area (Å²) in [6.45, 7) is 2.29. The van der Waals surface area contributed by atoms with E-state index in [1.54, 1.807) is 0 Å². The van der Waals surface area contributed by atoms with Crippen LogP contribution in [0.2, 0.25) is 0 Å². The minimum atomic E-state index is -6.00. The molecule has 23 heteroatoms. The molecule has 0 atom stereocenters. The second-order valence-corrected chi connectivity index (χ2v) is 20.8. The van der Waals surface area contributed by atoms with Crippen molar-refractivity contribution in [3.05, 3.63) is 98.1 Å². The monoisotopic (exact) mass is 1380 g/mol. The van der Waals surface area contributed by atoms with Crippen LogP contribution in [-0.4, -0.2) is 22.3 Å². The summed E-state index contributed by atoms with van der Waals surface area (Å²) in [4.78, 5) is 0. The molecule has 0 spiro atoms. The molecular weight excluding hydrogens is 1290 g/mol. The third-order valence-electron chi connectivity index (χ3n) is 14.4. The summed E-state index contributed by atoms with van der Waals surface area (Å²) in [5.41, 5.74) is 5.16. The fraction of sp³-hybridized carbons (Fsp3) is 0.661. The number of hydrogen-bond acceptors (Lipinski definition) is 0. The summed E-state index contributed by atoms with van der Waals surface area (Å²) in [5, 5.41) is 0. The minimum Gasteiger partial charge on any atom is -1.00 e. The van der Waals surface area contributed by atoms with Crippen LogP contribution in [-0.2, 0) is 61.3 Å². The number of nitrogens with zero attached hydrogens (tertiary/aromatic N) is 4. The Bertz CT molecular complexity index is 1770. The van der Waals surface area contributed by atoms with E-state index in [0.29, 0.717) is 0 Å². The Labute approximate surface area is 548 Å². The number of pyridine rings is 4. The fourth-order valence-corrected chi connectivity index (χ4v) is 10.2. The van der Waals surface area contributed by atoms with E-state index in [0.717, 1.165) is 24.9 Å². The summed E-state index contributed by atoms with van der Waals surface area (Å²) in [6.07, 6.45) is 64.2. The molecule has 0 amide bonds. The van der Waals surface area contributed by atoms with Gasteiger partial charge in [-0.3, -0.25) is 25.9 Å². The molecule has 0 bridgehead atoms. The molecule has 0 N–H and O–H groups in total. The molecule has 82 heavy (non-hydrogen) atoms. The van der Waals surface area contributed by atoms with E-state index in [1.165, 1.54) is 228 Å². The molecule has 4 nitrogen and oxygen atoms in total. The standard InChI is InChI=1S/2C24H36N2.2C5H10.CH4.BF4.2BF3.2FH.2Fe.HI.Na/c2*1-25-18-13-23(14-19-25)24-15-20-26(21-16-24)17-9-5-3-2-4-6-10-22-11-7-8-12-22;2*1-2-4-5-3-1;;2-1(3,4)5;2*2-1(3)4;;;;;;/h2*13-16,18-22H,2-12,17H2,1H3;2*1-5H2;1H4;;;;2*1H;;;1H;/q2*+2;;;;-1;;;;;;;;+1/p-3. The van der Waals surface area contributed by atoms with Gasteiger partial charge in [0.1, 0.15) is 27.2 Å². The summed E-state index contributed by atoms with van der Waals surface area (Å²) in [7, 11) is -9.23. The summed E-state index contributed by atoms with van der Waals surface area (Å²) >= 11 is 0. The van der Waals surface area contributed by atoms with E-state index in [1.807, 2.05) is 0 Å². The molecule has 4 fully saturated rings. The fourth-order valence-electron chi connectivity index (χ4n) is 10.2. The first-order valence-electron chi connectivity index (χ1n) is 28.7. The first kappa shape index (κ1) is 91.9. The number of unbranched alkanes of at least 4 members (excludes halogenated alkanes) is 10. The quantitative estimate of drug-likeness (QED) is 0.0322. The molecular formula is C59H96B3F12Fe2IN4Na+. The van der Waals surface area contributed by atoms with Gasteiger partial charge in [-0.1, -0.05) is 187 Å². The van der Waals surface area contributed by atoms with Crippen LogP contribution in [0.4, 0.5) is 43.2 Å². The zero-order valence-corrected chi connectivity index (χ0v) is 54.9. The number of halogens is 13. The Morgan fingerprint density at radius 1 is 0.378 bits per heavy atom. The van der Waals surface area contributed by atoms with E-state index < -0.39 is 22.3 Å². The van der Waals surface area contributed by atoms with E-state index >= 15 is 0 Å². The SMILES string of the molecule is C.C1CCCC1.C1CCCC1.C[n+]1ccc(-c2cc[n+](CCCCCCCCC3CCCC3)cc2)cc1.C[n+]1ccc(-c2cc[n+](CCCCCCCCC3CCCC3)cc2)cc1.FB(F)F.FB(F)F.F[B-](F)(F)F.[F-].[F-].[Fe].[Fe].[I-].[Na+]. The van der Waals surface area contributed by atoms with Crippen molar-refractivity contribution in [2.24, 2.45) is 25.9 Å². The molecule has 4 heterocycles. The molecule has 0 unspecified atom stereocenters. The Morgan fingerprint density at radius 2 is 0.561 bits per heavy atom. The average molecular weight is 1380 g/mol. The maximum Gasteiger partial charge on any atom is 1.00 e. The third-order valence-corrected chi connectivity index (χ3v) is 14.4. The van der Waals surface area contributed by atoms with Crippen LogP contribution >= 0.6 is 0 Å². The van der Waals surface area contributed by atoms with Crippen molar-refractivity contribution < 1.29 is 159 Å². The number of hydrogen-bond donors (Lipinski definition) is 0. The molecule has 8 rings (SSSR count). The Hall–Kier alpha value is -1.28. The van der Waals surface area contributed by atoms with Gasteiger partial charge in [-0.25, -0.2) is 18.3 Å². The molecule has 0 radical (unpaired) electrons. The van der Waals surface area contributed by atoms with Crippen LogP contribution in [0, 0.1) is 11.8 Å².